The van der Waals surface area contributed by atoms with Crippen LogP contribution in [0.2, 0.25) is 0 Å². The number of imide groups is 1. The molecule has 1 atom stereocenters. The molecule has 7 nitrogen and oxygen atoms in total. The summed E-state index contributed by atoms with van der Waals surface area (Å²) in [5.41, 5.74) is 12.2. The lowest BCUT2D eigenvalue weighted by Crippen LogP contribution is -2.52. The van der Waals surface area contributed by atoms with Crippen molar-refractivity contribution in [3.8, 4) is 0 Å². The third-order valence-corrected chi connectivity index (χ3v) is 6.42. The molecule has 0 radical (unpaired) electrons. The number of amides is 3. The van der Waals surface area contributed by atoms with Crippen LogP contribution in [0.4, 0.5) is 5.69 Å². The third kappa shape index (κ3) is 3.06. The van der Waals surface area contributed by atoms with Gasteiger partial charge in [0.25, 0.3) is 5.91 Å². The number of benzene rings is 2. The summed E-state index contributed by atoms with van der Waals surface area (Å²) in [7, 11) is 0. The van der Waals surface area contributed by atoms with Gasteiger partial charge in [0.05, 0.1) is 0 Å². The number of nitrogens with two attached hydrogens (primary N) is 1. The number of rotatable bonds is 4. The Bertz CT molecular complexity index is 1060. The van der Waals surface area contributed by atoms with Crippen LogP contribution in [0.25, 0.3) is 0 Å². The number of piperidine rings is 1. The van der Waals surface area contributed by atoms with E-state index in [1.54, 1.807) is 4.90 Å². The molecule has 0 spiro atoms. The van der Waals surface area contributed by atoms with Crippen molar-refractivity contribution in [3.05, 3.63) is 64.2 Å². The van der Waals surface area contributed by atoms with Crippen molar-refractivity contribution in [2.24, 2.45) is 5.73 Å². The lowest BCUT2D eigenvalue weighted by Gasteiger charge is -2.29. The van der Waals surface area contributed by atoms with E-state index >= 15 is 0 Å². The highest BCUT2D eigenvalue weighted by Gasteiger charge is 2.40. The molecule has 3 heterocycles. The first-order chi connectivity index (χ1) is 14.5. The van der Waals surface area contributed by atoms with Gasteiger partial charge in [-0.3, -0.25) is 19.7 Å². The molecule has 0 aromatic heterocycles. The summed E-state index contributed by atoms with van der Waals surface area (Å²) in [4.78, 5) is 40.8. The number of hydrogen-bond acceptors (Lipinski definition) is 5. The molecule has 2 aromatic carbocycles. The van der Waals surface area contributed by atoms with Crippen molar-refractivity contribution in [1.29, 1.82) is 0 Å². The van der Waals surface area contributed by atoms with E-state index in [1.165, 1.54) is 11.3 Å². The summed E-state index contributed by atoms with van der Waals surface area (Å²) in [6.07, 6.45) is 1.63. The van der Waals surface area contributed by atoms with Crippen LogP contribution in [-0.2, 0) is 35.6 Å². The normalized spacial score (nSPS) is 20.4. The zero-order valence-electron chi connectivity index (χ0n) is 16.7. The number of hydrogen-bond donors (Lipinski definition) is 2. The zero-order valence-corrected chi connectivity index (χ0v) is 16.7. The van der Waals surface area contributed by atoms with Crippen molar-refractivity contribution >= 4 is 23.4 Å². The molecule has 1 saturated heterocycles. The number of fused-ring (bicyclic) bond motifs is 2. The van der Waals surface area contributed by atoms with Gasteiger partial charge in [0.1, 0.15) is 6.04 Å². The zero-order chi connectivity index (χ0) is 20.8. The van der Waals surface area contributed by atoms with E-state index < -0.39 is 6.04 Å². The van der Waals surface area contributed by atoms with Crippen LogP contribution in [-0.4, -0.2) is 35.2 Å². The number of carbonyl (C=O) groups excluding carboxylic acids is 3. The molecule has 30 heavy (non-hydrogen) atoms. The van der Waals surface area contributed by atoms with Gasteiger partial charge in [0.15, 0.2) is 0 Å². The van der Waals surface area contributed by atoms with Gasteiger partial charge in [-0.1, -0.05) is 24.3 Å². The van der Waals surface area contributed by atoms with E-state index in [9.17, 15) is 14.4 Å². The van der Waals surface area contributed by atoms with E-state index in [0.717, 1.165) is 29.7 Å². The fraction of sp³-hybridized carbons (Fsp3) is 0.348. The molecule has 0 saturated carbocycles. The topological polar surface area (TPSA) is 95.7 Å². The highest BCUT2D eigenvalue weighted by molar-refractivity contribution is 6.05. The van der Waals surface area contributed by atoms with Crippen molar-refractivity contribution < 1.29 is 14.4 Å². The Balaban J connectivity index is 1.41. The van der Waals surface area contributed by atoms with E-state index in [1.807, 2.05) is 12.1 Å². The summed E-state index contributed by atoms with van der Waals surface area (Å²) in [6.45, 7) is 2.55. The number of nitrogens with zero attached hydrogens (tertiary/aromatic N) is 2. The second kappa shape index (κ2) is 7.25. The largest absolute Gasteiger partial charge is 0.367 e. The van der Waals surface area contributed by atoms with Gasteiger partial charge in [-0.05, 0) is 47.2 Å². The van der Waals surface area contributed by atoms with Crippen LogP contribution in [0.1, 0.15) is 45.5 Å². The van der Waals surface area contributed by atoms with E-state index in [0.29, 0.717) is 31.6 Å². The van der Waals surface area contributed by atoms with E-state index in [4.69, 9.17) is 5.73 Å². The maximum atomic E-state index is 13.0. The van der Waals surface area contributed by atoms with Gasteiger partial charge >= 0.3 is 0 Å². The van der Waals surface area contributed by atoms with Gasteiger partial charge in [-0.2, -0.15) is 0 Å². The number of carbonyl (C=O) groups is 3. The van der Waals surface area contributed by atoms with Gasteiger partial charge in [-0.25, -0.2) is 0 Å². The molecule has 3 N–H and O–H groups in total. The smallest absolute Gasteiger partial charge is 0.255 e. The molecule has 2 aromatic rings. The van der Waals surface area contributed by atoms with Crippen molar-refractivity contribution in [3.63, 3.8) is 0 Å². The molecular formula is C23H24N4O3. The second-order valence-corrected chi connectivity index (χ2v) is 8.18. The SMILES string of the molecule is NCc1ccc2c(c1)N(Cc1cccc3c1CN(C1CCC(=O)NC1=O)C3=O)CC2. The maximum Gasteiger partial charge on any atom is 0.255 e. The first kappa shape index (κ1) is 18.8. The standard InChI is InChI=1S/C23H24N4O3/c24-11-14-4-5-15-8-9-26(20(15)10-14)12-16-2-1-3-17-18(16)13-27(23(17)30)19-6-7-21(28)25-22(19)29/h1-5,10,19H,6-9,11-13,24H2,(H,25,28,29). The summed E-state index contributed by atoms with van der Waals surface area (Å²) >= 11 is 0. The highest BCUT2D eigenvalue weighted by Crippen LogP contribution is 2.34. The highest BCUT2D eigenvalue weighted by atomic mass is 16.2. The fourth-order valence-corrected chi connectivity index (χ4v) is 4.79. The van der Waals surface area contributed by atoms with Crippen LogP contribution in [0.15, 0.2) is 36.4 Å². The van der Waals surface area contributed by atoms with Gasteiger partial charge in [0.2, 0.25) is 11.8 Å². The second-order valence-electron chi connectivity index (χ2n) is 8.18. The lowest BCUT2D eigenvalue weighted by atomic mass is 10.0. The molecule has 3 aliphatic heterocycles. The van der Waals surface area contributed by atoms with Crippen molar-refractivity contribution in [1.82, 2.24) is 10.2 Å². The lowest BCUT2D eigenvalue weighted by molar-refractivity contribution is -0.136. The third-order valence-electron chi connectivity index (χ3n) is 6.42. The predicted molar refractivity (Wildman–Crippen MR) is 112 cm³/mol. The molecule has 1 unspecified atom stereocenters. The predicted octanol–water partition coefficient (Wildman–Crippen LogP) is 1.47. The minimum Gasteiger partial charge on any atom is -0.367 e. The van der Waals surface area contributed by atoms with Crippen LogP contribution in [0.3, 0.4) is 0 Å². The Labute approximate surface area is 174 Å². The fourth-order valence-electron chi connectivity index (χ4n) is 4.79. The van der Waals surface area contributed by atoms with Gasteiger partial charge in [-0.15, -0.1) is 0 Å². The van der Waals surface area contributed by atoms with Crippen LogP contribution in [0, 0.1) is 0 Å². The molecule has 154 valence electrons. The molecule has 3 amide bonds. The first-order valence-corrected chi connectivity index (χ1v) is 10.4. The summed E-state index contributed by atoms with van der Waals surface area (Å²) in [6, 6.07) is 11.6. The van der Waals surface area contributed by atoms with Crippen LogP contribution < -0.4 is 16.0 Å². The van der Waals surface area contributed by atoms with Crippen molar-refractivity contribution in [2.75, 3.05) is 11.4 Å². The van der Waals surface area contributed by atoms with Crippen LogP contribution in [0.5, 0.6) is 0 Å². The first-order valence-electron chi connectivity index (χ1n) is 10.4. The van der Waals surface area contributed by atoms with E-state index in [-0.39, 0.29) is 24.1 Å². The Morgan fingerprint density at radius 2 is 1.97 bits per heavy atom. The Hall–Kier alpha value is -3.19. The average molecular weight is 404 g/mol. The molecule has 0 aliphatic carbocycles. The molecule has 7 heteroatoms. The Morgan fingerprint density at radius 3 is 2.77 bits per heavy atom. The van der Waals surface area contributed by atoms with Gasteiger partial charge < -0.3 is 15.5 Å². The minimum atomic E-state index is -0.588. The molecule has 1 fully saturated rings. The van der Waals surface area contributed by atoms with Crippen LogP contribution >= 0.6 is 0 Å². The monoisotopic (exact) mass is 404 g/mol. The summed E-state index contributed by atoms with van der Waals surface area (Å²) in [5, 5.41) is 2.36. The minimum absolute atomic E-state index is 0.131. The average Bonchev–Trinajstić information content (AvgIpc) is 3.29. The number of nitrogens with one attached hydrogen (secondary N) is 1. The molecule has 5 rings (SSSR count). The summed E-state index contributed by atoms with van der Waals surface area (Å²) < 4.78 is 0. The molecule has 0 bridgehead atoms. The Morgan fingerprint density at radius 1 is 1.10 bits per heavy atom. The number of anilines is 1. The molecular weight excluding hydrogens is 380 g/mol. The van der Waals surface area contributed by atoms with Gasteiger partial charge in [0, 0.05) is 43.9 Å². The quantitative estimate of drug-likeness (QED) is 0.753. The Kier molecular flexibility index (Phi) is 4.55. The maximum absolute atomic E-state index is 13.0. The molecule has 3 aliphatic rings. The van der Waals surface area contributed by atoms with Crippen molar-refractivity contribution in [2.45, 2.75) is 44.9 Å². The van der Waals surface area contributed by atoms with E-state index in [2.05, 4.69) is 34.5 Å². The summed E-state index contributed by atoms with van der Waals surface area (Å²) in [5.74, 6) is -0.782.